The fraction of sp³-hybridized carbons (Fsp3) is 0.0870. The number of aromatic nitrogens is 1. The first-order valence-corrected chi connectivity index (χ1v) is 12.3. The molecule has 3 aromatic carbocycles. The van der Waals surface area contributed by atoms with Gasteiger partial charge in [0.05, 0.1) is 33.1 Å². The fourth-order valence-electron chi connectivity index (χ4n) is 3.32. The molecule has 170 valence electrons. The fourth-order valence-corrected chi connectivity index (χ4v) is 4.27. The summed E-state index contributed by atoms with van der Waals surface area (Å²) in [5.41, 5.74) is 1.40. The Kier molecular flexibility index (Phi) is 6.34. The van der Waals surface area contributed by atoms with E-state index in [9.17, 15) is 17.6 Å². The Morgan fingerprint density at radius 3 is 2.48 bits per heavy atom. The molecule has 1 heterocycles. The number of halogens is 3. The summed E-state index contributed by atoms with van der Waals surface area (Å²) in [5.74, 6) is -1.44. The van der Waals surface area contributed by atoms with Crippen molar-refractivity contribution in [2.24, 2.45) is 0 Å². The molecule has 0 atom stereocenters. The molecule has 6 nitrogen and oxygen atoms in total. The molecule has 0 spiro atoms. The second-order valence-electron chi connectivity index (χ2n) is 7.29. The number of benzene rings is 3. The van der Waals surface area contributed by atoms with Crippen molar-refractivity contribution in [3.63, 3.8) is 0 Å². The number of sulfonamides is 1. The Morgan fingerprint density at radius 2 is 1.79 bits per heavy atom. The summed E-state index contributed by atoms with van der Waals surface area (Å²) < 4.78 is 46.4. The number of fused-ring (bicyclic) bond motifs is 1. The maximum absolute atomic E-state index is 14.7. The molecule has 1 amide bonds. The van der Waals surface area contributed by atoms with E-state index in [-0.39, 0.29) is 10.7 Å². The summed E-state index contributed by atoms with van der Waals surface area (Å²) in [6.45, 7) is 0.388. The van der Waals surface area contributed by atoms with Crippen LogP contribution in [-0.4, -0.2) is 25.1 Å². The molecule has 4 rings (SSSR count). The van der Waals surface area contributed by atoms with Crippen molar-refractivity contribution in [2.45, 2.75) is 6.61 Å². The highest BCUT2D eigenvalue weighted by atomic mass is 35.5. The van der Waals surface area contributed by atoms with Gasteiger partial charge < -0.3 is 9.30 Å². The van der Waals surface area contributed by atoms with Gasteiger partial charge in [0.15, 0.2) is 0 Å². The number of nitrogens with one attached hydrogen (secondary N) is 1. The van der Waals surface area contributed by atoms with Crippen molar-refractivity contribution in [1.82, 2.24) is 9.29 Å². The Morgan fingerprint density at radius 1 is 1.06 bits per heavy atom. The Labute approximate surface area is 199 Å². The van der Waals surface area contributed by atoms with E-state index in [2.05, 4.69) is 0 Å². The normalized spacial score (nSPS) is 11.5. The molecule has 0 saturated heterocycles. The minimum atomic E-state index is -3.86. The number of carbonyl (C=O) groups excluding carboxylic acids is 1. The van der Waals surface area contributed by atoms with Crippen molar-refractivity contribution in [1.29, 1.82) is 0 Å². The largest absolute Gasteiger partial charge is 0.489 e. The zero-order chi connectivity index (χ0) is 23.8. The van der Waals surface area contributed by atoms with Gasteiger partial charge in [-0.05, 0) is 29.8 Å². The van der Waals surface area contributed by atoms with E-state index < -0.39 is 27.3 Å². The Balaban J connectivity index is 1.67. The number of nitrogens with zero attached hydrogens (tertiary/aromatic N) is 1. The van der Waals surface area contributed by atoms with Crippen molar-refractivity contribution in [3.8, 4) is 11.4 Å². The molecule has 0 aliphatic rings. The molecule has 0 fully saturated rings. The van der Waals surface area contributed by atoms with E-state index in [1.807, 2.05) is 30.3 Å². The van der Waals surface area contributed by atoms with Crippen LogP contribution in [0.15, 0.2) is 66.9 Å². The maximum atomic E-state index is 14.7. The quantitative estimate of drug-likeness (QED) is 0.382. The summed E-state index contributed by atoms with van der Waals surface area (Å²) in [6.07, 6.45) is 2.37. The average molecular weight is 507 g/mol. The first kappa shape index (κ1) is 23.1. The van der Waals surface area contributed by atoms with Crippen LogP contribution in [0.3, 0.4) is 0 Å². The van der Waals surface area contributed by atoms with E-state index >= 15 is 0 Å². The summed E-state index contributed by atoms with van der Waals surface area (Å²) in [4.78, 5) is 12.1. The minimum absolute atomic E-state index is 0.0352. The van der Waals surface area contributed by atoms with Gasteiger partial charge >= 0.3 is 0 Å². The topological polar surface area (TPSA) is 77.4 Å². The highest BCUT2D eigenvalue weighted by Crippen LogP contribution is 2.34. The van der Waals surface area contributed by atoms with E-state index in [1.54, 1.807) is 33.7 Å². The molecule has 0 unspecified atom stereocenters. The van der Waals surface area contributed by atoms with Gasteiger partial charge in [0.1, 0.15) is 18.2 Å². The van der Waals surface area contributed by atoms with E-state index in [0.29, 0.717) is 28.3 Å². The van der Waals surface area contributed by atoms with E-state index in [4.69, 9.17) is 27.9 Å². The lowest BCUT2D eigenvalue weighted by molar-refractivity contribution is 0.0978. The van der Waals surface area contributed by atoms with Crippen molar-refractivity contribution < 1.29 is 22.3 Å². The van der Waals surface area contributed by atoms with Crippen LogP contribution in [0.2, 0.25) is 10.0 Å². The van der Waals surface area contributed by atoms with Crippen LogP contribution in [0.4, 0.5) is 4.39 Å². The zero-order valence-corrected chi connectivity index (χ0v) is 19.5. The molecule has 0 saturated carbocycles. The lowest BCUT2D eigenvalue weighted by Crippen LogP contribution is -2.30. The highest BCUT2D eigenvalue weighted by molar-refractivity contribution is 7.89. The van der Waals surface area contributed by atoms with Crippen LogP contribution < -0.4 is 9.46 Å². The Bertz CT molecular complexity index is 1470. The summed E-state index contributed by atoms with van der Waals surface area (Å²) in [5, 5.41) is 1.09. The second-order valence-corrected chi connectivity index (χ2v) is 9.85. The van der Waals surface area contributed by atoms with Gasteiger partial charge in [-0.2, -0.15) is 0 Å². The molecule has 0 aliphatic carbocycles. The van der Waals surface area contributed by atoms with E-state index in [0.717, 1.165) is 24.0 Å². The lowest BCUT2D eigenvalue weighted by atomic mass is 10.1. The van der Waals surface area contributed by atoms with Crippen LogP contribution >= 0.6 is 23.2 Å². The second kappa shape index (κ2) is 9.05. The number of amides is 1. The summed E-state index contributed by atoms with van der Waals surface area (Å²) in [6, 6.07) is 17.1. The van der Waals surface area contributed by atoms with Crippen LogP contribution in [0, 0.1) is 5.82 Å². The monoisotopic (exact) mass is 506 g/mol. The van der Waals surface area contributed by atoms with Gasteiger partial charge in [-0.3, -0.25) is 4.79 Å². The molecule has 4 aromatic rings. The maximum Gasteiger partial charge on any atom is 0.267 e. The molecule has 33 heavy (non-hydrogen) atoms. The Hall–Kier alpha value is -3.07. The van der Waals surface area contributed by atoms with Crippen LogP contribution in [0.25, 0.3) is 16.6 Å². The first-order chi connectivity index (χ1) is 15.6. The lowest BCUT2D eigenvalue weighted by Gasteiger charge is -2.12. The molecule has 0 radical (unpaired) electrons. The highest BCUT2D eigenvalue weighted by Gasteiger charge is 2.20. The van der Waals surface area contributed by atoms with Crippen LogP contribution in [0.5, 0.6) is 5.75 Å². The number of carbonyl (C=O) groups is 1. The predicted molar refractivity (Wildman–Crippen MR) is 126 cm³/mol. The number of ether oxygens (including phenoxy) is 1. The molecular weight excluding hydrogens is 490 g/mol. The molecule has 0 bridgehead atoms. The molecule has 1 N–H and O–H groups in total. The third-order valence-corrected chi connectivity index (χ3v) is 5.95. The predicted octanol–water partition coefficient (Wildman–Crippen LogP) is 5.34. The third-order valence-electron chi connectivity index (χ3n) is 4.79. The number of rotatable bonds is 6. The molecular formula is C23H17Cl2FN2O4S. The van der Waals surface area contributed by atoms with Crippen LogP contribution in [-0.2, 0) is 16.6 Å². The molecule has 10 heteroatoms. The van der Waals surface area contributed by atoms with Gasteiger partial charge in [0, 0.05) is 17.6 Å². The van der Waals surface area contributed by atoms with E-state index in [1.165, 1.54) is 0 Å². The smallest absolute Gasteiger partial charge is 0.267 e. The first-order valence-electron chi connectivity index (χ1n) is 9.61. The molecule has 0 aliphatic heterocycles. The number of hydrogen-bond donors (Lipinski definition) is 1. The van der Waals surface area contributed by atoms with Gasteiger partial charge in [-0.1, -0.05) is 53.5 Å². The standard InChI is InChI=1S/C23H17Cl2FN2O4S/c1-33(30,31)27-23(29)17-10-18(24)22(11-20(17)26)28-12-19(25)16-9-15(7-8-21(16)28)32-13-14-5-3-2-4-6-14/h2-12H,13H2,1H3,(H,27,29). The molecule has 1 aromatic heterocycles. The summed E-state index contributed by atoms with van der Waals surface area (Å²) in [7, 11) is -3.86. The van der Waals surface area contributed by atoms with Gasteiger partial charge in [-0.25, -0.2) is 17.5 Å². The van der Waals surface area contributed by atoms with Gasteiger partial charge in [0.25, 0.3) is 5.91 Å². The SMILES string of the molecule is CS(=O)(=O)NC(=O)c1cc(Cl)c(-n2cc(Cl)c3cc(OCc4ccccc4)ccc32)cc1F. The van der Waals surface area contributed by atoms with Crippen molar-refractivity contribution in [3.05, 3.63) is 93.8 Å². The summed E-state index contributed by atoms with van der Waals surface area (Å²) >= 11 is 12.7. The van der Waals surface area contributed by atoms with Gasteiger partial charge in [0.2, 0.25) is 10.0 Å². The third kappa shape index (κ3) is 5.13. The zero-order valence-electron chi connectivity index (χ0n) is 17.2. The van der Waals surface area contributed by atoms with Crippen LogP contribution in [0.1, 0.15) is 15.9 Å². The average Bonchev–Trinajstić information content (AvgIpc) is 3.09. The van der Waals surface area contributed by atoms with Gasteiger partial charge in [-0.15, -0.1) is 0 Å². The number of hydrogen-bond acceptors (Lipinski definition) is 4. The van der Waals surface area contributed by atoms with Crippen molar-refractivity contribution >= 4 is 50.0 Å². The minimum Gasteiger partial charge on any atom is -0.489 e. The van der Waals surface area contributed by atoms with Crippen molar-refractivity contribution in [2.75, 3.05) is 6.26 Å².